The summed E-state index contributed by atoms with van der Waals surface area (Å²) >= 11 is 0. The smallest absolute Gasteiger partial charge is 0.381 e. The van der Waals surface area contributed by atoms with E-state index in [1.54, 1.807) is 18.2 Å². The van der Waals surface area contributed by atoms with Crippen LogP contribution in [-0.2, 0) is 10.7 Å². The Kier molecular flexibility index (Phi) is 3.50. The minimum absolute atomic E-state index is 0.277. The van der Waals surface area contributed by atoms with E-state index in [1.807, 2.05) is 0 Å². The topological polar surface area (TPSA) is 39.2 Å². The highest BCUT2D eigenvalue weighted by molar-refractivity contribution is 5.78. The molecule has 0 unspecified atom stereocenters. The molecule has 0 saturated heterocycles. The van der Waals surface area contributed by atoms with Gasteiger partial charge in [0.25, 0.3) is 0 Å². The lowest BCUT2D eigenvalue weighted by Crippen LogP contribution is -2.24. The number of aromatic nitrogens is 1. The van der Waals surface area contributed by atoms with Crippen LogP contribution in [0.2, 0.25) is 0 Å². The Hall–Kier alpha value is -2.37. The molecule has 3 nitrogen and oxygen atoms in total. The Balaban J connectivity index is 2.40. The molecule has 0 aliphatic carbocycles. The van der Waals surface area contributed by atoms with Crippen LogP contribution >= 0.6 is 0 Å². The van der Waals surface area contributed by atoms with Crippen LogP contribution in [0.4, 0.5) is 13.2 Å². The Morgan fingerprint density at radius 3 is 2.42 bits per heavy atom. The quantitative estimate of drug-likeness (QED) is 0.796. The molecule has 0 radical (unpaired) electrons. The van der Waals surface area contributed by atoms with Crippen LogP contribution in [0, 0.1) is 0 Å². The molecule has 6 heteroatoms. The maximum atomic E-state index is 13.4. The molecular weight excluding hydrogens is 259 g/mol. The Morgan fingerprint density at radius 2 is 1.79 bits per heavy atom. The van der Waals surface area contributed by atoms with Crippen LogP contribution < -0.4 is 4.74 Å². The molecule has 1 aromatic carbocycles. The number of hydrogen-bond donors (Lipinski definition) is 0. The zero-order chi connectivity index (χ0) is 13.9. The van der Waals surface area contributed by atoms with Crippen molar-refractivity contribution < 1.29 is 22.7 Å². The number of hydrogen-bond acceptors (Lipinski definition) is 3. The number of carbonyl (C=O) groups excluding carboxylic acids is 1. The highest BCUT2D eigenvalue weighted by atomic mass is 19.3. The molecule has 98 valence electrons. The van der Waals surface area contributed by atoms with E-state index in [0.29, 0.717) is 0 Å². The van der Waals surface area contributed by atoms with Gasteiger partial charge in [-0.15, -0.1) is 0 Å². The normalized spacial score (nSPS) is 11.1. The van der Waals surface area contributed by atoms with Gasteiger partial charge in [-0.2, -0.15) is 13.2 Å². The van der Waals surface area contributed by atoms with Gasteiger partial charge in [0.1, 0.15) is 5.75 Å². The van der Waals surface area contributed by atoms with Gasteiger partial charge in [-0.3, -0.25) is 9.78 Å². The van der Waals surface area contributed by atoms with Gasteiger partial charge in [-0.05, 0) is 24.3 Å². The van der Waals surface area contributed by atoms with Gasteiger partial charge in [-0.1, -0.05) is 18.2 Å². The summed E-state index contributed by atoms with van der Waals surface area (Å²) in [6.45, 7) is 0. The first kappa shape index (κ1) is 13.1. The van der Waals surface area contributed by atoms with E-state index in [-0.39, 0.29) is 11.5 Å². The Labute approximate surface area is 106 Å². The van der Waals surface area contributed by atoms with Crippen molar-refractivity contribution in [2.45, 2.75) is 5.92 Å². The zero-order valence-corrected chi connectivity index (χ0v) is 9.52. The number of ether oxygens (including phenoxy) is 1. The van der Waals surface area contributed by atoms with Crippen LogP contribution in [0.3, 0.4) is 0 Å². The summed E-state index contributed by atoms with van der Waals surface area (Å²) in [5.41, 5.74) is -1.05. The fourth-order valence-corrected chi connectivity index (χ4v) is 1.42. The van der Waals surface area contributed by atoms with Gasteiger partial charge in [0.05, 0.1) is 0 Å². The van der Waals surface area contributed by atoms with Crippen molar-refractivity contribution in [3.8, 4) is 11.5 Å². The van der Waals surface area contributed by atoms with Gasteiger partial charge in [0.15, 0.2) is 11.4 Å². The van der Waals surface area contributed by atoms with Gasteiger partial charge in [-0.25, -0.2) is 0 Å². The molecule has 2 aromatic rings. The second-order valence-corrected chi connectivity index (χ2v) is 3.61. The maximum absolute atomic E-state index is 13.4. The summed E-state index contributed by atoms with van der Waals surface area (Å²) in [7, 11) is 0. The van der Waals surface area contributed by atoms with E-state index < -0.39 is 17.7 Å². The summed E-state index contributed by atoms with van der Waals surface area (Å²) in [6, 6.07) is 7.83. The number of alkyl halides is 2. The van der Waals surface area contributed by atoms with Gasteiger partial charge >= 0.3 is 12.0 Å². The van der Waals surface area contributed by atoms with Crippen LogP contribution in [0.15, 0.2) is 48.7 Å². The van der Waals surface area contributed by atoms with Crippen LogP contribution in [-0.4, -0.2) is 11.0 Å². The van der Waals surface area contributed by atoms with E-state index in [2.05, 4.69) is 4.98 Å². The molecule has 2 rings (SSSR count). The molecule has 0 aliphatic heterocycles. The zero-order valence-electron chi connectivity index (χ0n) is 9.52. The number of para-hydroxylation sites is 1. The number of rotatable bonds is 4. The monoisotopic (exact) mass is 267 g/mol. The number of carbonyl (C=O) groups is 1. The molecule has 0 saturated carbocycles. The first-order chi connectivity index (χ1) is 9.01. The summed E-state index contributed by atoms with van der Waals surface area (Å²) < 4.78 is 44.3. The average molecular weight is 267 g/mol. The maximum Gasteiger partial charge on any atom is 0.381 e. The van der Waals surface area contributed by atoms with Crippen LogP contribution in [0.5, 0.6) is 11.5 Å². The van der Waals surface area contributed by atoms with Crippen molar-refractivity contribution in [3.63, 3.8) is 0 Å². The molecule has 0 bridgehead atoms. The average Bonchev–Trinajstić information content (AvgIpc) is 2.40. The van der Waals surface area contributed by atoms with E-state index in [0.717, 1.165) is 6.20 Å². The van der Waals surface area contributed by atoms with Gasteiger partial charge < -0.3 is 4.74 Å². The lowest BCUT2D eigenvalue weighted by atomic mass is 10.2. The van der Waals surface area contributed by atoms with E-state index in [4.69, 9.17) is 4.74 Å². The molecule has 0 N–H and O–H groups in total. The summed E-state index contributed by atoms with van der Waals surface area (Å²) in [5, 5.41) is 0. The Morgan fingerprint density at radius 1 is 1.11 bits per heavy atom. The minimum Gasteiger partial charge on any atom is -0.455 e. The number of pyridine rings is 1. The minimum atomic E-state index is -4.33. The SMILES string of the molecule is O=C(F)C(F)(F)c1ncccc1Oc1ccccc1. The first-order valence-corrected chi connectivity index (χ1v) is 5.28. The third-order valence-electron chi connectivity index (χ3n) is 2.29. The fourth-order valence-electron chi connectivity index (χ4n) is 1.42. The second kappa shape index (κ2) is 5.09. The molecule has 0 atom stereocenters. The van der Waals surface area contributed by atoms with Crippen molar-refractivity contribution in [1.82, 2.24) is 4.98 Å². The molecule has 0 amide bonds. The standard InChI is InChI=1S/C13H8F3NO2/c14-12(18)13(15,16)11-10(7-4-8-17-11)19-9-5-2-1-3-6-9/h1-8H. The number of benzene rings is 1. The summed E-state index contributed by atoms with van der Waals surface area (Å²) in [6.07, 6.45) is 1.03. The highest BCUT2D eigenvalue weighted by Gasteiger charge is 2.45. The van der Waals surface area contributed by atoms with Crippen molar-refractivity contribution in [1.29, 1.82) is 0 Å². The van der Waals surface area contributed by atoms with Crippen molar-refractivity contribution in [2.24, 2.45) is 0 Å². The fraction of sp³-hybridized carbons (Fsp3) is 0.0769. The largest absolute Gasteiger partial charge is 0.455 e. The lowest BCUT2D eigenvalue weighted by Gasteiger charge is -2.14. The molecule has 19 heavy (non-hydrogen) atoms. The van der Waals surface area contributed by atoms with Crippen LogP contribution in [0.1, 0.15) is 5.69 Å². The summed E-state index contributed by atoms with van der Waals surface area (Å²) in [5.74, 6) is -4.42. The first-order valence-electron chi connectivity index (χ1n) is 5.28. The van der Waals surface area contributed by atoms with Crippen molar-refractivity contribution >= 4 is 6.04 Å². The lowest BCUT2D eigenvalue weighted by molar-refractivity contribution is -0.157. The highest BCUT2D eigenvalue weighted by Crippen LogP contribution is 2.36. The number of nitrogens with zero attached hydrogens (tertiary/aromatic N) is 1. The van der Waals surface area contributed by atoms with Crippen LogP contribution in [0.25, 0.3) is 0 Å². The van der Waals surface area contributed by atoms with E-state index >= 15 is 0 Å². The Bertz CT molecular complexity index is 587. The van der Waals surface area contributed by atoms with Crippen molar-refractivity contribution in [2.75, 3.05) is 0 Å². The molecule has 0 spiro atoms. The van der Waals surface area contributed by atoms with Gasteiger partial charge in [0.2, 0.25) is 0 Å². The van der Waals surface area contributed by atoms with E-state index in [1.165, 1.54) is 24.3 Å². The third kappa shape index (κ3) is 2.73. The number of halogens is 3. The predicted octanol–water partition coefficient (Wildman–Crippen LogP) is 3.46. The molecule has 1 heterocycles. The van der Waals surface area contributed by atoms with Gasteiger partial charge in [0, 0.05) is 6.20 Å². The second-order valence-electron chi connectivity index (χ2n) is 3.61. The molecular formula is C13H8F3NO2. The molecule has 0 fully saturated rings. The van der Waals surface area contributed by atoms with Crippen molar-refractivity contribution in [3.05, 3.63) is 54.4 Å². The third-order valence-corrected chi connectivity index (χ3v) is 2.29. The molecule has 1 aromatic heterocycles. The van der Waals surface area contributed by atoms with E-state index in [9.17, 15) is 18.0 Å². The summed E-state index contributed by atoms with van der Waals surface area (Å²) in [4.78, 5) is 13.7. The predicted molar refractivity (Wildman–Crippen MR) is 60.8 cm³/mol. The molecule has 0 aliphatic rings.